The van der Waals surface area contributed by atoms with Crippen LogP contribution in [-0.2, 0) is 4.79 Å². The summed E-state index contributed by atoms with van der Waals surface area (Å²) < 4.78 is 0.961. The molecular formula is C13H19BrN2O. The van der Waals surface area contributed by atoms with Crippen molar-refractivity contribution in [1.82, 2.24) is 5.32 Å². The highest BCUT2D eigenvalue weighted by Crippen LogP contribution is 2.15. The minimum Gasteiger partial charge on any atom is -0.325 e. The first kappa shape index (κ1) is 14.2. The molecule has 1 rings (SSSR count). The molecule has 0 aliphatic rings. The first-order valence-electron chi connectivity index (χ1n) is 5.88. The van der Waals surface area contributed by atoms with Gasteiger partial charge in [0.05, 0.1) is 6.54 Å². The Hall–Kier alpha value is -0.870. The minimum absolute atomic E-state index is 0.00796. The smallest absolute Gasteiger partial charge is 0.238 e. The van der Waals surface area contributed by atoms with Gasteiger partial charge in [0.15, 0.2) is 0 Å². The number of carbonyl (C=O) groups excluding carboxylic acids is 1. The highest BCUT2D eigenvalue weighted by molar-refractivity contribution is 9.10. The van der Waals surface area contributed by atoms with Crippen LogP contribution >= 0.6 is 15.9 Å². The maximum atomic E-state index is 11.6. The number of rotatable bonds is 6. The zero-order valence-corrected chi connectivity index (χ0v) is 11.9. The van der Waals surface area contributed by atoms with Crippen molar-refractivity contribution in [3.8, 4) is 0 Å². The van der Waals surface area contributed by atoms with Gasteiger partial charge in [-0.15, -0.1) is 0 Å². The molecule has 94 valence electrons. The zero-order chi connectivity index (χ0) is 12.7. The minimum atomic E-state index is -0.00796. The van der Waals surface area contributed by atoms with Crippen molar-refractivity contribution in [2.75, 3.05) is 18.4 Å². The Bertz CT molecular complexity index is 368. The fourth-order valence-electron chi connectivity index (χ4n) is 1.35. The molecule has 0 heterocycles. The van der Waals surface area contributed by atoms with Gasteiger partial charge in [-0.2, -0.15) is 0 Å². The monoisotopic (exact) mass is 298 g/mol. The molecule has 1 atom stereocenters. The van der Waals surface area contributed by atoms with E-state index in [2.05, 4.69) is 40.4 Å². The van der Waals surface area contributed by atoms with Gasteiger partial charge in [0, 0.05) is 10.2 Å². The van der Waals surface area contributed by atoms with Crippen LogP contribution in [0.15, 0.2) is 28.7 Å². The molecule has 0 spiro atoms. The largest absolute Gasteiger partial charge is 0.325 e. The number of benzene rings is 1. The van der Waals surface area contributed by atoms with Crippen molar-refractivity contribution in [1.29, 1.82) is 0 Å². The summed E-state index contributed by atoms with van der Waals surface area (Å²) in [6.45, 7) is 5.55. The summed E-state index contributed by atoms with van der Waals surface area (Å²) in [6.07, 6.45) is 1.13. The molecule has 0 saturated heterocycles. The molecule has 1 amide bonds. The Morgan fingerprint density at radius 1 is 1.47 bits per heavy atom. The summed E-state index contributed by atoms with van der Waals surface area (Å²) in [6, 6.07) is 7.58. The van der Waals surface area contributed by atoms with E-state index in [-0.39, 0.29) is 5.91 Å². The van der Waals surface area contributed by atoms with Gasteiger partial charge < -0.3 is 10.6 Å². The Balaban J connectivity index is 2.30. The first-order chi connectivity index (χ1) is 8.11. The number of anilines is 1. The number of carbonyl (C=O) groups is 1. The van der Waals surface area contributed by atoms with E-state index in [9.17, 15) is 4.79 Å². The summed E-state index contributed by atoms with van der Waals surface area (Å²) >= 11 is 3.37. The molecule has 2 N–H and O–H groups in total. The number of halogens is 1. The summed E-state index contributed by atoms with van der Waals surface area (Å²) in [5.74, 6) is 0.597. The maximum Gasteiger partial charge on any atom is 0.238 e. The molecule has 0 fully saturated rings. The molecule has 0 aromatic heterocycles. The zero-order valence-electron chi connectivity index (χ0n) is 10.3. The number of nitrogens with one attached hydrogen (secondary N) is 2. The topological polar surface area (TPSA) is 41.1 Å². The molecule has 17 heavy (non-hydrogen) atoms. The Kier molecular flexibility index (Phi) is 6.22. The molecule has 1 aromatic rings. The third-order valence-electron chi connectivity index (χ3n) is 2.58. The van der Waals surface area contributed by atoms with E-state index in [0.717, 1.165) is 23.1 Å². The second-order valence-electron chi connectivity index (χ2n) is 4.20. The third-order valence-corrected chi connectivity index (χ3v) is 3.08. The third kappa shape index (κ3) is 5.84. The second-order valence-corrected chi connectivity index (χ2v) is 5.12. The molecule has 0 radical (unpaired) electrons. The van der Waals surface area contributed by atoms with Gasteiger partial charge in [0.25, 0.3) is 0 Å². The van der Waals surface area contributed by atoms with Crippen LogP contribution in [0.1, 0.15) is 20.3 Å². The maximum absolute atomic E-state index is 11.6. The molecule has 0 aliphatic heterocycles. The van der Waals surface area contributed by atoms with Crippen molar-refractivity contribution in [3.63, 3.8) is 0 Å². The lowest BCUT2D eigenvalue weighted by atomic mass is 10.1. The highest BCUT2D eigenvalue weighted by Gasteiger charge is 2.03. The fourth-order valence-corrected chi connectivity index (χ4v) is 1.75. The lowest BCUT2D eigenvalue weighted by Crippen LogP contribution is -2.31. The van der Waals surface area contributed by atoms with Crippen LogP contribution in [0.5, 0.6) is 0 Å². The Labute approximate surface area is 111 Å². The number of hydrogen-bond donors (Lipinski definition) is 2. The van der Waals surface area contributed by atoms with Crippen molar-refractivity contribution < 1.29 is 4.79 Å². The SMILES string of the molecule is CCC(C)CNCC(=O)Nc1cccc(Br)c1. The van der Waals surface area contributed by atoms with Crippen LogP contribution in [0, 0.1) is 5.92 Å². The lowest BCUT2D eigenvalue weighted by molar-refractivity contribution is -0.115. The summed E-state index contributed by atoms with van der Waals surface area (Å²) in [4.78, 5) is 11.6. The summed E-state index contributed by atoms with van der Waals surface area (Å²) in [7, 11) is 0. The van der Waals surface area contributed by atoms with Gasteiger partial charge in [-0.25, -0.2) is 0 Å². The van der Waals surface area contributed by atoms with E-state index in [1.807, 2.05) is 24.3 Å². The van der Waals surface area contributed by atoms with Crippen molar-refractivity contribution in [2.45, 2.75) is 20.3 Å². The molecular weight excluding hydrogens is 280 g/mol. The van der Waals surface area contributed by atoms with Gasteiger partial charge in [-0.05, 0) is 30.7 Å². The summed E-state index contributed by atoms with van der Waals surface area (Å²) in [5.41, 5.74) is 0.815. The molecule has 1 aromatic carbocycles. The second kappa shape index (κ2) is 7.45. The van der Waals surface area contributed by atoms with Gasteiger partial charge in [0.1, 0.15) is 0 Å². The Morgan fingerprint density at radius 2 is 2.24 bits per heavy atom. The van der Waals surface area contributed by atoms with E-state index < -0.39 is 0 Å². The van der Waals surface area contributed by atoms with Crippen LogP contribution in [0.25, 0.3) is 0 Å². The van der Waals surface area contributed by atoms with E-state index in [0.29, 0.717) is 12.5 Å². The summed E-state index contributed by atoms with van der Waals surface area (Å²) in [5, 5.41) is 5.99. The first-order valence-corrected chi connectivity index (χ1v) is 6.67. The number of amides is 1. The van der Waals surface area contributed by atoms with Gasteiger partial charge in [-0.3, -0.25) is 4.79 Å². The van der Waals surface area contributed by atoms with Crippen LogP contribution in [0.4, 0.5) is 5.69 Å². The van der Waals surface area contributed by atoms with Gasteiger partial charge >= 0.3 is 0 Å². The molecule has 0 bridgehead atoms. The van der Waals surface area contributed by atoms with Crippen LogP contribution < -0.4 is 10.6 Å². The quantitative estimate of drug-likeness (QED) is 0.848. The molecule has 0 aliphatic carbocycles. The van der Waals surface area contributed by atoms with Crippen molar-refractivity contribution in [3.05, 3.63) is 28.7 Å². The lowest BCUT2D eigenvalue weighted by Gasteiger charge is -2.10. The van der Waals surface area contributed by atoms with Crippen LogP contribution in [0.3, 0.4) is 0 Å². The van der Waals surface area contributed by atoms with Crippen molar-refractivity contribution in [2.24, 2.45) is 5.92 Å². The van der Waals surface area contributed by atoms with E-state index in [4.69, 9.17) is 0 Å². The molecule has 3 nitrogen and oxygen atoms in total. The van der Waals surface area contributed by atoms with Crippen LogP contribution in [0.2, 0.25) is 0 Å². The number of hydrogen-bond acceptors (Lipinski definition) is 2. The van der Waals surface area contributed by atoms with E-state index >= 15 is 0 Å². The molecule has 4 heteroatoms. The molecule has 1 unspecified atom stereocenters. The standard InChI is InChI=1S/C13H19BrN2O/c1-3-10(2)8-15-9-13(17)16-12-6-4-5-11(14)7-12/h4-7,10,15H,3,8-9H2,1-2H3,(H,16,17). The molecule has 0 saturated carbocycles. The predicted octanol–water partition coefficient (Wildman–Crippen LogP) is 3.02. The van der Waals surface area contributed by atoms with Crippen LogP contribution in [-0.4, -0.2) is 19.0 Å². The van der Waals surface area contributed by atoms with E-state index in [1.54, 1.807) is 0 Å². The van der Waals surface area contributed by atoms with Gasteiger partial charge in [0.2, 0.25) is 5.91 Å². The fraction of sp³-hybridized carbons (Fsp3) is 0.462. The predicted molar refractivity (Wildman–Crippen MR) is 75.1 cm³/mol. The Morgan fingerprint density at radius 3 is 2.88 bits per heavy atom. The van der Waals surface area contributed by atoms with Gasteiger partial charge in [-0.1, -0.05) is 42.3 Å². The average Bonchev–Trinajstić information content (AvgIpc) is 2.28. The van der Waals surface area contributed by atoms with Crippen molar-refractivity contribution >= 4 is 27.5 Å². The normalized spacial score (nSPS) is 12.2. The van der Waals surface area contributed by atoms with E-state index in [1.165, 1.54) is 0 Å². The highest BCUT2D eigenvalue weighted by atomic mass is 79.9. The average molecular weight is 299 g/mol.